The molecule has 1 aliphatic rings. The normalized spacial score (nSPS) is 16.8. The van der Waals surface area contributed by atoms with Crippen LogP contribution >= 0.6 is 11.6 Å². The first-order valence-electron chi connectivity index (χ1n) is 8.39. The quantitative estimate of drug-likeness (QED) is 0.717. The minimum atomic E-state index is 0.292. The number of aromatic nitrogens is 4. The summed E-state index contributed by atoms with van der Waals surface area (Å²) in [6, 6.07) is 4.08. The minimum absolute atomic E-state index is 0.292. The number of pyridine rings is 1. The zero-order valence-electron chi connectivity index (χ0n) is 14.6. The maximum absolute atomic E-state index is 7.21. The van der Waals surface area contributed by atoms with Gasteiger partial charge in [-0.1, -0.05) is 11.6 Å². The predicted molar refractivity (Wildman–Crippen MR) is 103 cm³/mol. The molecule has 0 amide bonds. The van der Waals surface area contributed by atoms with Crippen molar-refractivity contribution in [1.82, 2.24) is 19.9 Å². The number of anilines is 2. The fraction of sp³-hybridized carbons (Fsp3) is 0.333. The second-order valence-corrected chi connectivity index (χ2v) is 6.85. The SMILES string of the molecule is [C-]#[N+]c1c(Cl)cc(N(C)[C@@H]2CCN(c3ncnc4[nH]ccc34)C2)nc1C. The predicted octanol–water partition coefficient (Wildman–Crippen LogP) is 3.58. The fourth-order valence-electron chi connectivity index (χ4n) is 3.47. The molecule has 3 aromatic rings. The molecule has 4 heterocycles. The van der Waals surface area contributed by atoms with E-state index < -0.39 is 0 Å². The van der Waals surface area contributed by atoms with Crippen molar-refractivity contribution in [3.05, 3.63) is 46.8 Å². The van der Waals surface area contributed by atoms with Crippen LogP contribution < -0.4 is 9.80 Å². The van der Waals surface area contributed by atoms with Gasteiger partial charge in [0.1, 0.15) is 23.6 Å². The van der Waals surface area contributed by atoms with Crippen molar-refractivity contribution in [2.24, 2.45) is 0 Å². The summed E-state index contributed by atoms with van der Waals surface area (Å²) in [4.78, 5) is 24.3. The molecule has 132 valence electrons. The summed E-state index contributed by atoms with van der Waals surface area (Å²) in [6.07, 6.45) is 4.48. The van der Waals surface area contributed by atoms with Gasteiger partial charge in [0.25, 0.3) is 0 Å². The van der Waals surface area contributed by atoms with Crippen LogP contribution in [0.2, 0.25) is 5.02 Å². The van der Waals surface area contributed by atoms with Gasteiger partial charge in [-0.3, -0.25) is 0 Å². The van der Waals surface area contributed by atoms with Crippen molar-refractivity contribution in [2.45, 2.75) is 19.4 Å². The van der Waals surface area contributed by atoms with Gasteiger partial charge >= 0.3 is 0 Å². The third-order valence-electron chi connectivity index (χ3n) is 4.92. The number of hydrogen-bond donors (Lipinski definition) is 1. The van der Waals surface area contributed by atoms with E-state index in [9.17, 15) is 0 Å². The van der Waals surface area contributed by atoms with Gasteiger partial charge < -0.3 is 14.8 Å². The summed E-state index contributed by atoms with van der Waals surface area (Å²) < 4.78 is 0. The van der Waals surface area contributed by atoms with E-state index in [2.05, 4.69) is 34.6 Å². The van der Waals surface area contributed by atoms with Crippen LogP contribution in [0.3, 0.4) is 0 Å². The van der Waals surface area contributed by atoms with E-state index in [0.29, 0.717) is 22.4 Å². The highest BCUT2D eigenvalue weighted by molar-refractivity contribution is 6.33. The van der Waals surface area contributed by atoms with Crippen LogP contribution in [0.5, 0.6) is 0 Å². The molecule has 1 atom stereocenters. The van der Waals surface area contributed by atoms with E-state index in [1.807, 2.05) is 26.2 Å². The van der Waals surface area contributed by atoms with Crippen LogP contribution in [0.4, 0.5) is 17.3 Å². The van der Waals surface area contributed by atoms with Crippen molar-refractivity contribution in [1.29, 1.82) is 0 Å². The van der Waals surface area contributed by atoms with E-state index in [1.54, 1.807) is 12.4 Å². The highest BCUT2D eigenvalue weighted by Crippen LogP contribution is 2.33. The van der Waals surface area contributed by atoms with E-state index in [-0.39, 0.29) is 0 Å². The van der Waals surface area contributed by atoms with Crippen LogP contribution in [0.1, 0.15) is 12.1 Å². The Labute approximate surface area is 156 Å². The standard InChI is InChI=1S/C18H18ClN7/c1-11-16(20-2)14(19)8-15(24-11)25(3)12-5-7-26(9-12)18-13-4-6-21-17(13)22-10-23-18/h4,6,8,10,12H,5,7,9H2,1,3H3,(H,21,22,23)/t12-/m1/s1. The minimum Gasteiger partial charge on any atom is -0.355 e. The molecule has 0 spiro atoms. The Morgan fingerprint density at radius 3 is 3.04 bits per heavy atom. The van der Waals surface area contributed by atoms with Crippen molar-refractivity contribution < 1.29 is 0 Å². The Hall–Kier alpha value is -2.85. The van der Waals surface area contributed by atoms with Gasteiger partial charge in [-0.05, 0) is 25.5 Å². The van der Waals surface area contributed by atoms with Crippen molar-refractivity contribution in [2.75, 3.05) is 29.9 Å². The number of likely N-dealkylation sites (N-methyl/N-ethyl adjacent to an activating group) is 1. The summed E-state index contributed by atoms with van der Waals surface area (Å²) in [5, 5.41) is 1.49. The van der Waals surface area contributed by atoms with Crippen molar-refractivity contribution in [3.63, 3.8) is 0 Å². The second-order valence-electron chi connectivity index (χ2n) is 6.44. The molecule has 8 heteroatoms. The number of fused-ring (bicyclic) bond motifs is 1. The molecule has 26 heavy (non-hydrogen) atoms. The first kappa shape index (κ1) is 16.6. The van der Waals surface area contributed by atoms with Gasteiger partial charge in [-0.2, -0.15) is 0 Å². The fourth-order valence-corrected chi connectivity index (χ4v) is 3.75. The lowest BCUT2D eigenvalue weighted by molar-refractivity contribution is 0.683. The molecule has 0 unspecified atom stereocenters. The van der Waals surface area contributed by atoms with E-state index in [4.69, 9.17) is 18.2 Å². The third-order valence-corrected chi connectivity index (χ3v) is 5.21. The highest BCUT2D eigenvalue weighted by Gasteiger charge is 2.29. The molecule has 0 aromatic carbocycles. The number of halogens is 1. The molecule has 1 fully saturated rings. The molecule has 0 radical (unpaired) electrons. The molecular formula is C18H18ClN7. The lowest BCUT2D eigenvalue weighted by Crippen LogP contribution is -2.35. The number of aryl methyl sites for hydroxylation is 1. The topological polar surface area (TPSA) is 65.3 Å². The number of rotatable bonds is 3. The molecule has 3 aromatic heterocycles. The summed E-state index contributed by atoms with van der Waals surface area (Å²) in [5.41, 5.74) is 1.94. The summed E-state index contributed by atoms with van der Waals surface area (Å²) in [7, 11) is 2.02. The number of H-pyrrole nitrogens is 1. The molecule has 1 aliphatic heterocycles. The Morgan fingerprint density at radius 1 is 1.42 bits per heavy atom. The Bertz CT molecular complexity index is 983. The maximum Gasteiger partial charge on any atom is 0.226 e. The molecule has 4 rings (SSSR count). The summed E-state index contributed by atoms with van der Waals surface area (Å²) in [6.45, 7) is 10.8. The van der Waals surface area contributed by atoms with Crippen LogP contribution in [0.25, 0.3) is 15.9 Å². The molecule has 1 saturated heterocycles. The number of nitrogens with zero attached hydrogens (tertiary/aromatic N) is 6. The van der Waals surface area contributed by atoms with E-state index in [1.165, 1.54) is 0 Å². The van der Waals surface area contributed by atoms with Crippen LogP contribution in [-0.4, -0.2) is 46.1 Å². The zero-order valence-corrected chi connectivity index (χ0v) is 15.3. The maximum atomic E-state index is 7.21. The smallest absolute Gasteiger partial charge is 0.226 e. The van der Waals surface area contributed by atoms with Gasteiger partial charge in [0.15, 0.2) is 0 Å². The van der Waals surface area contributed by atoms with Gasteiger partial charge in [0.05, 0.1) is 17.0 Å². The molecule has 0 aliphatic carbocycles. The molecule has 7 nitrogen and oxygen atoms in total. The average Bonchev–Trinajstić information content (AvgIpc) is 3.30. The monoisotopic (exact) mass is 367 g/mol. The van der Waals surface area contributed by atoms with Gasteiger partial charge in [-0.25, -0.2) is 19.8 Å². The second kappa shape index (κ2) is 6.46. The Kier molecular flexibility index (Phi) is 4.13. The summed E-state index contributed by atoms with van der Waals surface area (Å²) in [5.74, 6) is 1.75. The lowest BCUT2D eigenvalue weighted by Gasteiger charge is -2.27. The molecular weight excluding hydrogens is 350 g/mol. The average molecular weight is 368 g/mol. The number of hydrogen-bond acceptors (Lipinski definition) is 5. The Balaban J connectivity index is 1.57. The van der Waals surface area contributed by atoms with Crippen LogP contribution in [-0.2, 0) is 0 Å². The third kappa shape index (κ3) is 2.72. The first-order valence-corrected chi connectivity index (χ1v) is 8.76. The largest absolute Gasteiger partial charge is 0.355 e. The van der Waals surface area contributed by atoms with Crippen LogP contribution in [0, 0.1) is 13.5 Å². The number of nitrogens with one attached hydrogen (secondary N) is 1. The number of aromatic amines is 1. The van der Waals surface area contributed by atoms with Crippen molar-refractivity contribution >= 4 is 40.0 Å². The molecule has 0 saturated carbocycles. The lowest BCUT2D eigenvalue weighted by atomic mass is 10.2. The van der Waals surface area contributed by atoms with Crippen molar-refractivity contribution in [3.8, 4) is 0 Å². The summed E-state index contributed by atoms with van der Waals surface area (Å²) >= 11 is 6.25. The van der Waals surface area contributed by atoms with Gasteiger partial charge in [0.2, 0.25) is 5.69 Å². The van der Waals surface area contributed by atoms with Gasteiger partial charge in [0, 0.05) is 38.1 Å². The Morgan fingerprint density at radius 2 is 2.27 bits per heavy atom. The first-order chi connectivity index (χ1) is 12.6. The molecule has 0 bridgehead atoms. The highest BCUT2D eigenvalue weighted by atomic mass is 35.5. The van der Waals surface area contributed by atoms with Gasteiger partial charge in [-0.15, -0.1) is 0 Å². The zero-order chi connectivity index (χ0) is 18.3. The molecule has 1 N–H and O–H groups in total. The van der Waals surface area contributed by atoms with E-state index in [0.717, 1.165) is 42.2 Å². The van der Waals surface area contributed by atoms with Crippen LogP contribution in [0.15, 0.2) is 24.7 Å². The van der Waals surface area contributed by atoms with E-state index >= 15 is 0 Å².